The van der Waals surface area contributed by atoms with E-state index in [9.17, 15) is 4.79 Å². The van der Waals surface area contributed by atoms with Crippen LogP contribution in [0, 0.1) is 0 Å². The van der Waals surface area contributed by atoms with Crippen molar-refractivity contribution in [2.75, 3.05) is 0 Å². The van der Waals surface area contributed by atoms with Crippen molar-refractivity contribution >= 4 is 33.6 Å². The molecule has 5 rings (SSSR count). The number of nitrogens with zero attached hydrogens (tertiary/aromatic N) is 1. The Morgan fingerprint density at radius 1 is 0.793 bits per heavy atom. The highest BCUT2D eigenvalue weighted by Gasteiger charge is 2.24. The summed E-state index contributed by atoms with van der Waals surface area (Å²) in [6, 6.07) is 25.4. The van der Waals surface area contributed by atoms with E-state index in [1.54, 1.807) is 0 Å². The Bertz CT molecular complexity index is 1400. The lowest BCUT2D eigenvalue weighted by Gasteiger charge is -2.11. The molecule has 0 aliphatic rings. The number of halogens is 1. The minimum absolute atomic E-state index is 0.351. The van der Waals surface area contributed by atoms with E-state index < -0.39 is 0 Å². The van der Waals surface area contributed by atoms with Gasteiger partial charge in [-0.2, -0.15) is 0 Å². The van der Waals surface area contributed by atoms with Crippen LogP contribution in [-0.2, 0) is 6.54 Å². The number of fused-ring (bicyclic) bond motifs is 3. The van der Waals surface area contributed by atoms with Crippen LogP contribution in [0.2, 0.25) is 5.02 Å². The van der Waals surface area contributed by atoms with Crippen LogP contribution >= 0.6 is 11.6 Å². The summed E-state index contributed by atoms with van der Waals surface area (Å²) in [7, 11) is 0. The van der Waals surface area contributed by atoms with E-state index in [1.165, 1.54) is 0 Å². The molecule has 0 atom stereocenters. The monoisotopic (exact) mass is 399 g/mol. The maximum atomic E-state index is 13.2. The van der Waals surface area contributed by atoms with Gasteiger partial charge in [0.15, 0.2) is 0 Å². The molecule has 5 aromatic rings. The summed E-state index contributed by atoms with van der Waals surface area (Å²) < 4.78 is 7.93. The van der Waals surface area contributed by atoms with Crippen LogP contribution in [0.4, 0.5) is 0 Å². The molecule has 0 N–H and O–H groups in total. The third kappa shape index (κ3) is 2.70. The van der Waals surface area contributed by atoms with Crippen LogP contribution in [0.3, 0.4) is 0 Å². The highest BCUT2D eigenvalue weighted by atomic mass is 35.5. The van der Waals surface area contributed by atoms with Crippen molar-refractivity contribution < 1.29 is 4.42 Å². The van der Waals surface area contributed by atoms with Crippen molar-refractivity contribution in [2.45, 2.75) is 13.5 Å². The molecule has 0 fully saturated rings. The van der Waals surface area contributed by atoms with E-state index in [-0.39, 0.29) is 5.63 Å². The van der Waals surface area contributed by atoms with Crippen LogP contribution in [-0.4, -0.2) is 4.57 Å². The van der Waals surface area contributed by atoms with Crippen LogP contribution in [0.5, 0.6) is 0 Å². The SMILES string of the molecule is CCn1c2cccc(Cl)c2c2c(-c3ccccc3)c(-c3ccccc3)c(=O)oc21. The average molecular weight is 400 g/mol. The number of hydrogen-bond acceptors (Lipinski definition) is 2. The summed E-state index contributed by atoms with van der Waals surface area (Å²) in [5, 5.41) is 2.42. The summed E-state index contributed by atoms with van der Waals surface area (Å²) >= 11 is 6.67. The molecule has 4 heteroatoms. The Labute approximate surface area is 172 Å². The topological polar surface area (TPSA) is 35.1 Å². The van der Waals surface area contributed by atoms with Gasteiger partial charge in [0.25, 0.3) is 0 Å². The molecule has 2 heterocycles. The first-order chi connectivity index (χ1) is 14.2. The standard InChI is InChI=1S/C25H18ClNO2/c1-2-27-19-15-9-14-18(26)22(19)23-20(16-10-5-3-6-11-16)21(25(28)29-24(23)27)17-12-7-4-8-13-17/h3-15H,2H2,1H3. The summed E-state index contributed by atoms with van der Waals surface area (Å²) in [6.45, 7) is 2.70. The molecule has 0 aliphatic heterocycles. The lowest BCUT2D eigenvalue weighted by molar-refractivity contribution is 0.532. The number of aryl methyl sites for hydroxylation is 1. The van der Waals surface area contributed by atoms with Gasteiger partial charge in [-0.05, 0) is 30.2 Å². The molecular formula is C25H18ClNO2. The molecule has 0 saturated heterocycles. The zero-order chi connectivity index (χ0) is 20.0. The fourth-order valence-electron chi connectivity index (χ4n) is 4.11. The molecule has 0 amide bonds. The third-order valence-corrected chi connectivity index (χ3v) is 5.64. The van der Waals surface area contributed by atoms with Crippen molar-refractivity contribution in [1.82, 2.24) is 4.57 Å². The minimum Gasteiger partial charge on any atom is -0.405 e. The molecule has 0 saturated carbocycles. The van der Waals surface area contributed by atoms with Crippen LogP contribution in [0.1, 0.15) is 6.92 Å². The van der Waals surface area contributed by atoms with E-state index in [1.807, 2.05) is 90.4 Å². The second-order valence-corrected chi connectivity index (χ2v) is 7.34. The second kappa shape index (κ2) is 6.94. The minimum atomic E-state index is -0.351. The zero-order valence-electron chi connectivity index (χ0n) is 15.9. The Morgan fingerprint density at radius 3 is 2.03 bits per heavy atom. The molecule has 0 spiro atoms. The fraction of sp³-hybridized carbons (Fsp3) is 0.0800. The highest BCUT2D eigenvalue weighted by molar-refractivity contribution is 6.38. The van der Waals surface area contributed by atoms with Gasteiger partial charge in [-0.15, -0.1) is 0 Å². The van der Waals surface area contributed by atoms with Crippen LogP contribution in [0.15, 0.2) is 88.1 Å². The Balaban J connectivity index is 2.09. The summed E-state index contributed by atoms with van der Waals surface area (Å²) in [5.41, 5.74) is 4.36. The molecule has 0 unspecified atom stereocenters. The van der Waals surface area contributed by atoms with Crippen molar-refractivity contribution in [3.05, 3.63) is 94.3 Å². The van der Waals surface area contributed by atoms with Crippen molar-refractivity contribution in [3.63, 3.8) is 0 Å². The van der Waals surface area contributed by atoms with Gasteiger partial charge in [0.1, 0.15) is 0 Å². The number of aromatic nitrogens is 1. The molecule has 3 aromatic carbocycles. The van der Waals surface area contributed by atoms with Gasteiger partial charge in [-0.1, -0.05) is 78.3 Å². The summed E-state index contributed by atoms with van der Waals surface area (Å²) in [4.78, 5) is 13.2. The van der Waals surface area contributed by atoms with E-state index in [0.717, 1.165) is 33.0 Å². The zero-order valence-corrected chi connectivity index (χ0v) is 16.6. The van der Waals surface area contributed by atoms with Gasteiger partial charge >= 0.3 is 5.63 Å². The first-order valence-electron chi connectivity index (χ1n) is 9.59. The second-order valence-electron chi connectivity index (χ2n) is 6.93. The molecule has 0 radical (unpaired) electrons. The van der Waals surface area contributed by atoms with E-state index in [0.29, 0.717) is 22.8 Å². The molecule has 142 valence electrons. The van der Waals surface area contributed by atoms with Crippen LogP contribution < -0.4 is 5.63 Å². The van der Waals surface area contributed by atoms with E-state index >= 15 is 0 Å². The molecule has 2 aromatic heterocycles. The predicted octanol–water partition coefficient (Wildman–Crippen LogP) is 6.76. The first-order valence-corrected chi connectivity index (χ1v) is 9.97. The lowest BCUT2D eigenvalue weighted by Crippen LogP contribution is -2.07. The van der Waals surface area contributed by atoms with Gasteiger partial charge < -0.3 is 8.98 Å². The summed E-state index contributed by atoms with van der Waals surface area (Å²) in [6.07, 6.45) is 0. The predicted molar refractivity (Wildman–Crippen MR) is 120 cm³/mol. The largest absolute Gasteiger partial charge is 0.405 e. The molecule has 29 heavy (non-hydrogen) atoms. The summed E-state index contributed by atoms with van der Waals surface area (Å²) in [5.74, 6) is 0. The van der Waals surface area contributed by atoms with Gasteiger partial charge in [-0.25, -0.2) is 4.79 Å². The number of hydrogen-bond donors (Lipinski definition) is 0. The Kier molecular flexibility index (Phi) is 4.26. The smallest absolute Gasteiger partial charge is 0.346 e. The molecular weight excluding hydrogens is 382 g/mol. The maximum Gasteiger partial charge on any atom is 0.346 e. The fourth-order valence-corrected chi connectivity index (χ4v) is 4.38. The van der Waals surface area contributed by atoms with Crippen molar-refractivity contribution in [2.24, 2.45) is 0 Å². The number of rotatable bonds is 3. The number of benzene rings is 3. The first kappa shape index (κ1) is 17.8. The normalized spacial score (nSPS) is 11.4. The molecule has 3 nitrogen and oxygen atoms in total. The average Bonchev–Trinajstić information content (AvgIpc) is 3.08. The van der Waals surface area contributed by atoms with E-state index in [2.05, 4.69) is 0 Å². The van der Waals surface area contributed by atoms with Gasteiger partial charge in [-0.3, -0.25) is 0 Å². The van der Waals surface area contributed by atoms with Gasteiger partial charge in [0.2, 0.25) is 5.71 Å². The van der Waals surface area contributed by atoms with Gasteiger partial charge in [0.05, 0.1) is 21.5 Å². The molecule has 0 bridgehead atoms. The molecule has 0 aliphatic carbocycles. The quantitative estimate of drug-likeness (QED) is 0.336. The Hall–Kier alpha value is -3.30. The van der Waals surface area contributed by atoms with Crippen molar-refractivity contribution in [3.8, 4) is 22.3 Å². The third-order valence-electron chi connectivity index (χ3n) is 5.33. The highest BCUT2D eigenvalue weighted by Crippen LogP contribution is 2.43. The Morgan fingerprint density at radius 2 is 1.41 bits per heavy atom. The van der Waals surface area contributed by atoms with Crippen molar-refractivity contribution in [1.29, 1.82) is 0 Å². The van der Waals surface area contributed by atoms with Crippen LogP contribution in [0.25, 0.3) is 44.3 Å². The lowest BCUT2D eigenvalue weighted by atomic mass is 9.93. The van der Waals surface area contributed by atoms with Gasteiger partial charge in [0, 0.05) is 17.5 Å². The maximum absolute atomic E-state index is 13.2. The van der Waals surface area contributed by atoms with E-state index in [4.69, 9.17) is 16.0 Å².